The van der Waals surface area contributed by atoms with Crippen LogP contribution in [0.15, 0.2) is 36.7 Å². The van der Waals surface area contributed by atoms with Crippen molar-refractivity contribution < 1.29 is 4.79 Å². The van der Waals surface area contributed by atoms with Crippen molar-refractivity contribution in [2.45, 2.75) is 32.9 Å². The van der Waals surface area contributed by atoms with E-state index < -0.39 is 0 Å². The van der Waals surface area contributed by atoms with E-state index in [0.717, 1.165) is 29.8 Å². The van der Waals surface area contributed by atoms with Crippen LogP contribution < -0.4 is 5.32 Å². The molecule has 2 N–H and O–H groups in total. The average Bonchev–Trinajstić information content (AvgIpc) is 3.23. The molecule has 0 fully saturated rings. The third-order valence-corrected chi connectivity index (χ3v) is 4.19. The molecule has 0 saturated heterocycles. The molecule has 2 amide bonds. The van der Waals surface area contributed by atoms with E-state index in [2.05, 4.69) is 26.4 Å². The van der Waals surface area contributed by atoms with Crippen LogP contribution >= 0.6 is 0 Å². The number of aromatic nitrogens is 4. The van der Waals surface area contributed by atoms with Crippen LogP contribution in [0.25, 0.3) is 11.0 Å². The molecule has 1 unspecified atom stereocenters. The van der Waals surface area contributed by atoms with Gasteiger partial charge in [0.05, 0.1) is 17.1 Å². The van der Waals surface area contributed by atoms with Crippen LogP contribution in [-0.2, 0) is 6.54 Å². The summed E-state index contributed by atoms with van der Waals surface area (Å²) in [7, 11) is 1.80. The quantitative estimate of drug-likeness (QED) is 0.724. The van der Waals surface area contributed by atoms with Crippen molar-refractivity contribution in [1.29, 1.82) is 0 Å². The fourth-order valence-corrected chi connectivity index (χ4v) is 2.72. The van der Waals surface area contributed by atoms with Crippen LogP contribution in [0.2, 0.25) is 0 Å². The Balaban J connectivity index is 1.53. The molecular weight excluding hydrogens is 316 g/mol. The standard InChI is InChI=1S/C18H24N6O/c1-13-6-7-15-16(12-13)22-17(21-15)14(2)20-18(25)23(3)9-5-11-24-10-4-8-19-24/h4,6-8,10,12,14H,5,9,11H2,1-3H3,(H,20,25)(H,21,22). The summed E-state index contributed by atoms with van der Waals surface area (Å²) in [4.78, 5) is 21.9. The van der Waals surface area contributed by atoms with Gasteiger partial charge >= 0.3 is 6.03 Å². The number of aryl methyl sites for hydroxylation is 2. The molecular formula is C18H24N6O. The molecule has 1 aromatic carbocycles. The number of nitrogens with zero attached hydrogens (tertiary/aromatic N) is 4. The van der Waals surface area contributed by atoms with Crippen LogP contribution in [-0.4, -0.2) is 44.3 Å². The molecule has 0 aliphatic heterocycles. The van der Waals surface area contributed by atoms with Gasteiger partial charge in [-0.15, -0.1) is 0 Å². The van der Waals surface area contributed by atoms with Crippen LogP contribution in [0.5, 0.6) is 0 Å². The summed E-state index contributed by atoms with van der Waals surface area (Å²) in [6.45, 7) is 5.43. The zero-order valence-corrected chi connectivity index (χ0v) is 14.9. The lowest BCUT2D eigenvalue weighted by Crippen LogP contribution is -2.39. The van der Waals surface area contributed by atoms with Crippen molar-refractivity contribution in [2.75, 3.05) is 13.6 Å². The number of aromatic amines is 1. The molecule has 0 aliphatic rings. The molecule has 7 heteroatoms. The number of imidazole rings is 1. The topological polar surface area (TPSA) is 78.8 Å². The number of nitrogens with one attached hydrogen (secondary N) is 2. The van der Waals surface area contributed by atoms with Crippen molar-refractivity contribution in [1.82, 2.24) is 30.0 Å². The van der Waals surface area contributed by atoms with Crippen molar-refractivity contribution in [3.05, 3.63) is 48.0 Å². The second-order valence-electron chi connectivity index (χ2n) is 6.36. The summed E-state index contributed by atoms with van der Waals surface area (Å²) in [6.07, 6.45) is 4.53. The third kappa shape index (κ3) is 4.17. The van der Waals surface area contributed by atoms with E-state index >= 15 is 0 Å². The molecule has 3 aromatic rings. The van der Waals surface area contributed by atoms with Gasteiger partial charge in [-0.05, 0) is 44.0 Å². The highest BCUT2D eigenvalue weighted by molar-refractivity contribution is 5.77. The van der Waals surface area contributed by atoms with Gasteiger partial charge < -0.3 is 15.2 Å². The highest BCUT2D eigenvalue weighted by Gasteiger charge is 2.16. The Bertz CT molecular complexity index is 839. The Morgan fingerprint density at radius 2 is 2.28 bits per heavy atom. The predicted octanol–water partition coefficient (Wildman–Crippen LogP) is 2.86. The maximum atomic E-state index is 12.3. The molecule has 0 radical (unpaired) electrons. The maximum absolute atomic E-state index is 12.3. The number of benzene rings is 1. The number of fused-ring (bicyclic) bond motifs is 1. The van der Waals surface area contributed by atoms with Gasteiger partial charge in [0.15, 0.2) is 0 Å². The van der Waals surface area contributed by atoms with Gasteiger partial charge in [0, 0.05) is 32.5 Å². The van der Waals surface area contributed by atoms with Crippen molar-refractivity contribution in [3.8, 4) is 0 Å². The summed E-state index contributed by atoms with van der Waals surface area (Å²) in [6, 6.07) is 7.68. The predicted molar refractivity (Wildman–Crippen MR) is 97.3 cm³/mol. The normalized spacial score (nSPS) is 12.3. The number of H-pyrrole nitrogens is 1. The fraction of sp³-hybridized carbons (Fsp3) is 0.389. The van der Waals surface area contributed by atoms with E-state index in [4.69, 9.17) is 0 Å². The van der Waals surface area contributed by atoms with Gasteiger partial charge in [0.25, 0.3) is 0 Å². The second kappa shape index (κ2) is 7.38. The lowest BCUT2D eigenvalue weighted by atomic mass is 10.2. The van der Waals surface area contributed by atoms with Gasteiger partial charge in [-0.25, -0.2) is 9.78 Å². The maximum Gasteiger partial charge on any atom is 0.317 e. The van der Waals surface area contributed by atoms with Gasteiger partial charge in [-0.3, -0.25) is 4.68 Å². The number of carbonyl (C=O) groups excluding carboxylic acids is 1. The third-order valence-electron chi connectivity index (χ3n) is 4.19. The number of rotatable bonds is 6. The molecule has 0 aliphatic carbocycles. The van der Waals surface area contributed by atoms with Gasteiger partial charge in [-0.1, -0.05) is 6.07 Å². The number of hydrogen-bond acceptors (Lipinski definition) is 3. The Morgan fingerprint density at radius 3 is 3.04 bits per heavy atom. The molecule has 25 heavy (non-hydrogen) atoms. The summed E-state index contributed by atoms with van der Waals surface area (Å²) < 4.78 is 1.87. The second-order valence-corrected chi connectivity index (χ2v) is 6.36. The number of carbonyl (C=O) groups is 1. The lowest BCUT2D eigenvalue weighted by molar-refractivity contribution is 0.203. The number of urea groups is 1. The Kier molecular flexibility index (Phi) is 5.02. The highest BCUT2D eigenvalue weighted by atomic mass is 16.2. The first-order valence-electron chi connectivity index (χ1n) is 8.48. The summed E-state index contributed by atoms with van der Waals surface area (Å²) >= 11 is 0. The largest absolute Gasteiger partial charge is 0.340 e. The van der Waals surface area contributed by atoms with Gasteiger partial charge in [0.1, 0.15) is 5.82 Å². The Hall–Kier alpha value is -2.83. The van der Waals surface area contributed by atoms with Gasteiger partial charge in [-0.2, -0.15) is 5.10 Å². The molecule has 2 heterocycles. The molecule has 0 bridgehead atoms. The van der Waals surface area contributed by atoms with E-state index in [0.29, 0.717) is 6.54 Å². The molecule has 0 spiro atoms. The van der Waals surface area contributed by atoms with E-state index in [9.17, 15) is 4.79 Å². The summed E-state index contributed by atoms with van der Waals surface area (Å²) in [5.41, 5.74) is 3.08. The van der Waals surface area contributed by atoms with Crippen LogP contribution in [0, 0.1) is 6.92 Å². The smallest absolute Gasteiger partial charge is 0.317 e. The minimum atomic E-state index is -0.186. The van der Waals surface area contributed by atoms with Crippen molar-refractivity contribution in [3.63, 3.8) is 0 Å². The van der Waals surface area contributed by atoms with Crippen molar-refractivity contribution in [2.24, 2.45) is 0 Å². The van der Waals surface area contributed by atoms with Crippen LogP contribution in [0.3, 0.4) is 0 Å². The van der Waals surface area contributed by atoms with E-state index in [1.165, 1.54) is 5.56 Å². The zero-order valence-electron chi connectivity index (χ0n) is 14.9. The molecule has 2 aromatic heterocycles. The monoisotopic (exact) mass is 340 g/mol. The fourth-order valence-electron chi connectivity index (χ4n) is 2.72. The Morgan fingerprint density at radius 1 is 1.44 bits per heavy atom. The number of hydrogen-bond donors (Lipinski definition) is 2. The molecule has 0 saturated carbocycles. The van der Waals surface area contributed by atoms with E-state index in [1.54, 1.807) is 18.1 Å². The first-order chi connectivity index (χ1) is 12.0. The van der Waals surface area contributed by atoms with Crippen molar-refractivity contribution >= 4 is 17.1 Å². The Labute approximate surface area is 147 Å². The first kappa shape index (κ1) is 17.0. The zero-order chi connectivity index (χ0) is 17.8. The highest BCUT2D eigenvalue weighted by Crippen LogP contribution is 2.17. The first-order valence-corrected chi connectivity index (χ1v) is 8.48. The lowest BCUT2D eigenvalue weighted by Gasteiger charge is -2.20. The van der Waals surface area contributed by atoms with E-state index in [-0.39, 0.29) is 12.1 Å². The van der Waals surface area contributed by atoms with Crippen LogP contribution in [0.4, 0.5) is 4.79 Å². The SMILES string of the molecule is Cc1ccc2nc(C(C)NC(=O)N(C)CCCn3cccn3)[nH]c2c1. The molecule has 7 nitrogen and oxygen atoms in total. The molecule has 132 valence electrons. The molecule has 3 rings (SSSR count). The van der Waals surface area contributed by atoms with E-state index in [1.807, 2.05) is 42.9 Å². The summed E-state index contributed by atoms with van der Waals surface area (Å²) in [5.74, 6) is 0.763. The number of amides is 2. The minimum Gasteiger partial charge on any atom is -0.340 e. The minimum absolute atomic E-state index is 0.107. The average molecular weight is 340 g/mol. The summed E-state index contributed by atoms with van der Waals surface area (Å²) in [5, 5.41) is 7.14. The van der Waals surface area contributed by atoms with Crippen LogP contribution in [0.1, 0.15) is 30.8 Å². The molecule has 1 atom stereocenters. The van der Waals surface area contributed by atoms with Gasteiger partial charge in [0.2, 0.25) is 0 Å².